The number of para-hydroxylation sites is 2. The average Bonchev–Trinajstić information content (AvgIpc) is 3.48. The lowest BCUT2D eigenvalue weighted by Gasteiger charge is -2.07. The van der Waals surface area contributed by atoms with Gasteiger partial charge in [-0.15, -0.1) is 0 Å². The van der Waals surface area contributed by atoms with E-state index in [1.807, 2.05) is 71.4 Å². The number of aromatic amines is 1. The van der Waals surface area contributed by atoms with Crippen LogP contribution in [0.3, 0.4) is 0 Å². The van der Waals surface area contributed by atoms with E-state index in [9.17, 15) is 9.59 Å². The fourth-order valence-corrected chi connectivity index (χ4v) is 4.42. The SMILES string of the molecule is CC(=O)Cc1c(-c2ccccc2)[nH]c2ccccc12.CCCc1c(C(C)=O)cnn1-c1ccccc1. The molecule has 2 heterocycles. The van der Waals surface area contributed by atoms with E-state index >= 15 is 0 Å². The highest BCUT2D eigenvalue weighted by Crippen LogP contribution is 2.30. The normalized spacial score (nSPS) is 10.6. The van der Waals surface area contributed by atoms with Crippen molar-refractivity contribution in [3.8, 4) is 16.9 Å². The standard InChI is InChI=1S/C17H15NO.C14H16N2O/c1-12(19)11-15-14-9-5-6-10-16(14)18-17(15)13-7-3-2-4-8-13;1-3-7-14-13(11(2)17)10-15-16(14)12-8-5-4-6-9-12/h2-10,18H,11H2,1H3;4-6,8-10H,3,7H2,1-2H3. The highest BCUT2D eigenvalue weighted by atomic mass is 16.1. The molecule has 0 saturated heterocycles. The number of fused-ring (bicyclic) bond motifs is 1. The van der Waals surface area contributed by atoms with Crippen LogP contribution in [0, 0.1) is 0 Å². The van der Waals surface area contributed by atoms with Crippen LogP contribution in [-0.4, -0.2) is 26.3 Å². The maximum absolute atomic E-state index is 11.5. The fourth-order valence-electron chi connectivity index (χ4n) is 4.42. The van der Waals surface area contributed by atoms with Crippen LogP contribution in [0.1, 0.15) is 48.8 Å². The number of H-pyrrole nitrogens is 1. The summed E-state index contributed by atoms with van der Waals surface area (Å²) in [7, 11) is 0. The van der Waals surface area contributed by atoms with Gasteiger partial charge in [-0.25, -0.2) is 4.68 Å². The van der Waals surface area contributed by atoms with Gasteiger partial charge in [-0.2, -0.15) is 5.10 Å². The highest BCUT2D eigenvalue weighted by molar-refractivity contribution is 5.95. The zero-order valence-corrected chi connectivity index (χ0v) is 21.0. The Morgan fingerprint density at radius 2 is 1.50 bits per heavy atom. The Morgan fingerprint density at radius 1 is 0.861 bits per heavy atom. The van der Waals surface area contributed by atoms with Crippen LogP contribution >= 0.6 is 0 Å². The van der Waals surface area contributed by atoms with E-state index in [2.05, 4.69) is 35.2 Å². The van der Waals surface area contributed by atoms with Crippen LogP contribution < -0.4 is 0 Å². The Bertz CT molecular complexity index is 1460. The van der Waals surface area contributed by atoms with Crippen LogP contribution in [0.15, 0.2) is 91.1 Å². The molecular weight excluding hydrogens is 446 g/mol. The van der Waals surface area contributed by atoms with E-state index in [0.29, 0.717) is 6.42 Å². The summed E-state index contributed by atoms with van der Waals surface area (Å²) in [5.41, 5.74) is 7.09. The molecule has 182 valence electrons. The van der Waals surface area contributed by atoms with E-state index < -0.39 is 0 Å². The summed E-state index contributed by atoms with van der Waals surface area (Å²) in [6.07, 6.45) is 4.00. The molecule has 5 aromatic rings. The van der Waals surface area contributed by atoms with Crippen molar-refractivity contribution in [2.24, 2.45) is 0 Å². The second kappa shape index (κ2) is 11.5. The zero-order valence-electron chi connectivity index (χ0n) is 21.0. The van der Waals surface area contributed by atoms with Gasteiger partial charge in [0, 0.05) is 17.3 Å². The third-order valence-corrected chi connectivity index (χ3v) is 6.04. The third kappa shape index (κ3) is 5.52. The summed E-state index contributed by atoms with van der Waals surface area (Å²) >= 11 is 0. The lowest BCUT2D eigenvalue weighted by atomic mass is 10.0. The van der Waals surface area contributed by atoms with E-state index in [1.165, 1.54) is 0 Å². The Morgan fingerprint density at radius 3 is 2.14 bits per heavy atom. The van der Waals surface area contributed by atoms with Gasteiger partial charge in [0.05, 0.1) is 28.8 Å². The minimum Gasteiger partial charge on any atom is -0.354 e. The van der Waals surface area contributed by atoms with Gasteiger partial charge in [0.2, 0.25) is 0 Å². The maximum atomic E-state index is 11.5. The van der Waals surface area contributed by atoms with Gasteiger partial charge < -0.3 is 4.98 Å². The summed E-state index contributed by atoms with van der Waals surface area (Å²) in [6, 6.07) is 28.2. The first-order chi connectivity index (χ1) is 17.5. The molecule has 5 rings (SSSR count). The van der Waals surface area contributed by atoms with E-state index in [-0.39, 0.29) is 11.6 Å². The number of benzene rings is 3. The molecule has 0 spiro atoms. The van der Waals surface area contributed by atoms with Gasteiger partial charge >= 0.3 is 0 Å². The van der Waals surface area contributed by atoms with Crippen molar-refractivity contribution < 1.29 is 9.59 Å². The molecule has 0 unspecified atom stereocenters. The van der Waals surface area contributed by atoms with E-state index in [1.54, 1.807) is 20.0 Å². The number of hydrogen-bond acceptors (Lipinski definition) is 3. The van der Waals surface area contributed by atoms with Crippen LogP contribution in [0.2, 0.25) is 0 Å². The monoisotopic (exact) mass is 477 g/mol. The van der Waals surface area contributed by atoms with Crippen LogP contribution in [-0.2, 0) is 17.6 Å². The number of nitrogens with zero attached hydrogens (tertiary/aromatic N) is 2. The smallest absolute Gasteiger partial charge is 0.163 e. The van der Waals surface area contributed by atoms with E-state index in [0.717, 1.165) is 57.5 Å². The molecule has 0 amide bonds. The van der Waals surface area contributed by atoms with Crippen LogP contribution in [0.4, 0.5) is 0 Å². The molecule has 0 aliphatic heterocycles. The highest BCUT2D eigenvalue weighted by Gasteiger charge is 2.15. The van der Waals surface area contributed by atoms with Gasteiger partial charge in [0.25, 0.3) is 0 Å². The zero-order chi connectivity index (χ0) is 25.5. The van der Waals surface area contributed by atoms with Crippen molar-refractivity contribution in [1.82, 2.24) is 14.8 Å². The van der Waals surface area contributed by atoms with Crippen molar-refractivity contribution >= 4 is 22.5 Å². The number of Topliss-reactive ketones (excluding diaryl/α,β-unsaturated/α-hetero) is 2. The van der Waals surface area contributed by atoms with Gasteiger partial charge in [-0.3, -0.25) is 9.59 Å². The van der Waals surface area contributed by atoms with Crippen LogP contribution in [0.5, 0.6) is 0 Å². The Labute approximate surface area is 211 Å². The molecule has 0 aliphatic carbocycles. The number of carbonyl (C=O) groups is 2. The predicted molar refractivity (Wildman–Crippen MR) is 146 cm³/mol. The molecule has 1 N–H and O–H groups in total. The number of ketones is 2. The topological polar surface area (TPSA) is 67.8 Å². The molecule has 0 atom stereocenters. The molecule has 5 heteroatoms. The summed E-state index contributed by atoms with van der Waals surface area (Å²) in [6.45, 7) is 5.33. The first-order valence-corrected chi connectivity index (χ1v) is 12.3. The van der Waals surface area contributed by atoms with Crippen molar-refractivity contribution in [2.45, 2.75) is 40.0 Å². The summed E-state index contributed by atoms with van der Waals surface area (Å²) in [5, 5.41) is 5.46. The number of hydrogen-bond donors (Lipinski definition) is 1. The Balaban J connectivity index is 0.000000170. The molecule has 0 aliphatic rings. The maximum Gasteiger partial charge on any atom is 0.163 e. The van der Waals surface area contributed by atoms with Gasteiger partial charge in [-0.05, 0) is 49.6 Å². The minimum atomic E-state index is 0.0793. The van der Waals surface area contributed by atoms with Crippen molar-refractivity contribution in [2.75, 3.05) is 0 Å². The molecule has 36 heavy (non-hydrogen) atoms. The third-order valence-electron chi connectivity index (χ3n) is 6.04. The van der Waals surface area contributed by atoms with Crippen molar-refractivity contribution in [1.29, 1.82) is 0 Å². The molecule has 0 fully saturated rings. The molecule has 5 nitrogen and oxygen atoms in total. The van der Waals surface area contributed by atoms with Gasteiger partial charge in [0.1, 0.15) is 5.78 Å². The minimum absolute atomic E-state index is 0.0793. The molecule has 0 saturated carbocycles. The van der Waals surface area contributed by atoms with Crippen molar-refractivity contribution in [3.05, 3.63) is 108 Å². The molecule has 0 radical (unpaired) electrons. The van der Waals surface area contributed by atoms with Crippen LogP contribution in [0.25, 0.3) is 27.8 Å². The largest absolute Gasteiger partial charge is 0.354 e. The number of carbonyl (C=O) groups excluding carboxylic acids is 2. The molecule has 0 bridgehead atoms. The fraction of sp³-hybridized carbons (Fsp3) is 0.194. The number of aromatic nitrogens is 3. The number of rotatable bonds is 7. The Kier molecular flexibility index (Phi) is 7.91. The van der Waals surface area contributed by atoms with Crippen molar-refractivity contribution in [3.63, 3.8) is 0 Å². The summed E-state index contributed by atoms with van der Waals surface area (Å²) in [5.74, 6) is 0.262. The molecule has 2 aromatic heterocycles. The predicted octanol–water partition coefficient (Wildman–Crippen LogP) is 6.99. The average molecular weight is 478 g/mol. The second-order valence-corrected chi connectivity index (χ2v) is 8.83. The molecular formula is C31H31N3O2. The Hall–Kier alpha value is -4.25. The van der Waals surface area contributed by atoms with E-state index in [4.69, 9.17) is 0 Å². The van der Waals surface area contributed by atoms with Gasteiger partial charge in [-0.1, -0.05) is 80.1 Å². The molecule has 3 aromatic carbocycles. The summed E-state index contributed by atoms with van der Waals surface area (Å²) in [4.78, 5) is 26.5. The quantitative estimate of drug-likeness (QED) is 0.257. The van der Waals surface area contributed by atoms with Gasteiger partial charge in [0.15, 0.2) is 5.78 Å². The lowest BCUT2D eigenvalue weighted by Crippen LogP contribution is -2.05. The lowest BCUT2D eigenvalue weighted by molar-refractivity contribution is -0.116. The second-order valence-electron chi connectivity index (χ2n) is 8.83. The first kappa shape index (κ1) is 24.9. The number of nitrogens with one attached hydrogen (secondary N) is 1. The summed E-state index contributed by atoms with van der Waals surface area (Å²) < 4.78 is 1.86. The first-order valence-electron chi connectivity index (χ1n) is 12.3.